The number of benzene rings is 1. The molecule has 1 aliphatic rings. The molecule has 1 amide bonds. The molecule has 0 bridgehead atoms. The van der Waals surface area contributed by atoms with Crippen molar-refractivity contribution in [1.29, 1.82) is 0 Å². The van der Waals surface area contributed by atoms with Gasteiger partial charge in [0.25, 0.3) is 0 Å². The second kappa shape index (κ2) is 10.0. The Kier molecular flexibility index (Phi) is 8.08. The summed E-state index contributed by atoms with van der Waals surface area (Å²) in [4.78, 5) is 22.7. The predicted octanol–water partition coefficient (Wildman–Crippen LogP) is -1.23. The lowest BCUT2D eigenvalue weighted by Gasteiger charge is -2.40. The first kappa shape index (κ1) is 26.5. The third kappa shape index (κ3) is 6.42. The Hall–Kier alpha value is -2.72. The number of carboxylic acid groups (broad SMARTS) is 1. The van der Waals surface area contributed by atoms with Gasteiger partial charge in [-0.25, -0.2) is 17.9 Å². The van der Waals surface area contributed by atoms with E-state index in [1.165, 1.54) is 29.6 Å². The number of carbonyl (C=O) groups is 2. The third-order valence-electron chi connectivity index (χ3n) is 4.64. The number of aliphatic hydroxyl groups excluding tert-OH is 3. The lowest BCUT2D eigenvalue weighted by Crippen LogP contribution is -2.64. The summed E-state index contributed by atoms with van der Waals surface area (Å²) < 4.78 is 71.1. The summed E-state index contributed by atoms with van der Waals surface area (Å²) in [5.41, 5.74) is 0.699. The average Bonchev–Trinajstić information content (AvgIpc) is 2.72. The number of aliphatic carboxylic acids is 1. The number of ether oxygens (including phenoxy) is 1. The van der Waals surface area contributed by atoms with Gasteiger partial charge in [0.2, 0.25) is 15.8 Å². The Bertz CT molecular complexity index is 1010. The van der Waals surface area contributed by atoms with Crippen molar-refractivity contribution in [3.8, 4) is 0 Å². The normalized spacial score (nSPS) is 23.1. The molecule has 0 aromatic heterocycles. The van der Waals surface area contributed by atoms with Gasteiger partial charge < -0.3 is 30.5 Å². The van der Waals surface area contributed by atoms with Crippen molar-refractivity contribution in [2.24, 2.45) is 0 Å². The van der Waals surface area contributed by atoms with Crippen LogP contribution >= 0.6 is 0 Å². The van der Waals surface area contributed by atoms with Gasteiger partial charge in [0, 0.05) is 0 Å². The van der Waals surface area contributed by atoms with Gasteiger partial charge in [-0.3, -0.25) is 4.79 Å². The van der Waals surface area contributed by atoms with E-state index >= 15 is 0 Å². The van der Waals surface area contributed by atoms with E-state index in [1.54, 1.807) is 6.92 Å². The number of amides is 1. The van der Waals surface area contributed by atoms with E-state index in [0.717, 1.165) is 0 Å². The molecule has 184 valence electrons. The molecule has 1 aliphatic heterocycles. The fourth-order valence-electron chi connectivity index (χ4n) is 2.94. The summed E-state index contributed by atoms with van der Waals surface area (Å²) in [5, 5.41) is 39.7. The summed E-state index contributed by atoms with van der Waals surface area (Å²) in [5.74, 6) is -5.29. The van der Waals surface area contributed by atoms with Crippen molar-refractivity contribution in [3.05, 3.63) is 41.7 Å². The fourth-order valence-corrected chi connectivity index (χ4v) is 4.14. The molecule has 0 aliphatic carbocycles. The Morgan fingerprint density at radius 2 is 1.76 bits per heavy atom. The first-order chi connectivity index (χ1) is 15.2. The van der Waals surface area contributed by atoms with Crippen LogP contribution in [-0.2, 0) is 24.3 Å². The van der Waals surface area contributed by atoms with Crippen molar-refractivity contribution < 1.29 is 56.3 Å². The zero-order valence-corrected chi connectivity index (χ0v) is 17.7. The standard InChI is InChI=1S/C18H21F3N2O9S/c1-8-2-4-9(5-3-8)33(30,31)23-10-6-12(16(27)28)32-15(14(26)11(25)7-24)13(10)22-17(29)18(19,20)21/h2-6,10-11,13-15,23-26H,7H2,1H3,(H,22,29)(H,27,28)/t10-,11+,13+,14+,15+/m0/s1. The first-order valence-electron chi connectivity index (χ1n) is 9.23. The van der Waals surface area contributed by atoms with Crippen LogP contribution in [0, 0.1) is 6.92 Å². The van der Waals surface area contributed by atoms with Crippen molar-refractivity contribution in [1.82, 2.24) is 10.0 Å². The second-order valence-electron chi connectivity index (χ2n) is 7.12. The molecule has 0 unspecified atom stereocenters. The van der Waals surface area contributed by atoms with E-state index in [2.05, 4.69) is 0 Å². The quantitative estimate of drug-likeness (QED) is 0.256. The van der Waals surface area contributed by atoms with Crippen molar-refractivity contribution >= 4 is 21.9 Å². The molecule has 33 heavy (non-hydrogen) atoms. The zero-order valence-electron chi connectivity index (χ0n) is 16.9. The van der Waals surface area contributed by atoms with Crippen LogP contribution in [0.2, 0.25) is 0 Å². The number of sulfonamides is 1. The molecular weight excluding hydrogens is 477 g/mol. The summed E-state index contributed by atoms with van der Waals surface area (Å²) in [7, 11) is -4.47. The number of aliphatic hydroxyl groups is 3. The van der Waals surface area contributed by atoms with E-state index < -0.39 is 70.8 Å². The maximum absolute atomic E-state index is 12.9. The van der Waals surface area contributed by atoms with Crippen molar-refractivity contribution in [2.45, 2.75) is 48.4 Å². The summed E-state index contributed by atoms with van der Waals surface area (Å²) in [6.45, 7) is 0.568. The highest BCUT2D eigenvalue weighted by Crippen LogP contribution is 2.26. The molecule has 15 heteroatoms. The Morgan fingerprint density at radius 1 is 1.18 bits per heavy atom. The Labute approximate surface area is 185 Å². The fraction of sp³-hybridized carbons (Fsp3) is 0.444. The molecule has 1 heterocycles. The SMILES string of the molecule is Cc1ccc(S(=O)(=O)N[C@H]2C=C(C(=O)O)O[C@@H]([C@H](O)[C@H](O)CO)[C@@H]2NC(=O)C(F)(F)F)cc1. The maximum atomic E-state index is 12.9. The number of nitrogens with one attached hydrogen (secondary N) is 2. The first-order valence-corrected chi connectivity index (χ1v) is 10.7. The number of alkyl halides is 3. The van der Waals surface area contributed by atoms with E-state index in [-0.39, 0.29) is 4.90 Å². The van der Waals surface area contributed by atoms with Crippen LogP contribution in [0.25, 0.3) is 0 Å². The minimum Gasteiger partial charge on any atom is -0.478 e. The van der Waals surface area contributed by atoms with Crippen LogP contribution in [0.3, 0.4) is 0 Å². The molecule has 5 atom stereocenters. The van der Waals surface area contributed by atoms with Gasteiger partial charge in [-0.15, -0.1) is 0 Å². The lowest BCUT2D eigenvalue weighted by atomic mass is 9.92. The largest absolute Gasteiger partial charge is 0.478 e. The molecule has 0 radical (unpaired) electrons. The van der Waals surface area contributed by atoms with Gasteiger partial charge in [-0.1, -0.05) is 17.7 Å². The minimum atomic E-state index is -5.43. The Morgan fingerprint density at radius 3 is 2.24 bits per heavy atom. The van der Waals surface area contributed by atoms with Crippen LogP contribution in [0.1, 0.15) is 5.56 Å². The van der Waals surface area contributed by atoms with Gasteiger partial charge in [-0.2, -0.15) is 13.2 Å². The smallest absolute Gasteiger partial charge is 0.471 e. The lowest BCUT2D eigenvalue weighted by molar-refractivity contribution is -0.177. The molecule has 2 rings (SSSR count). The highest BCUT2D eigenvalue weighted by molar-refractivity contribution is 7.89. The molecule has 0 fully saturated rings. The van der Waals surface area contributed by atoms with Crippen LogP contribution < -0.4 is 10.0 Å². The van der Waals surface area contributed by atoms with E-state index in [0.29, 0.717) is 11.6 Å². The number of carbonyl (C=O) groups excluding carboxylic acids is 1. The maximum Gasteiger partial charge on any atom is 0.471 e. The number of carboxylic acids is 1. The van der Waals surface area contributed by atoms with Gasteiger partial charge in [0.05, 0.1) is 23.6 Å². The average molecular weight is 498 g/mol. The number of aryl methyl sites for hydroxylation is 1. The van der Waals surface area contributed by atoms with E-state index in [9.17, 15) is 46.5 Å². The van der Waals surface area contributed by atoms with E-state index in [1.807, 2.05) is 4.72 Å². The number of halogens is 3. The van der Waals surface area contributed by atoms with Crippen molar-refractivity contribution in [2.75, 3.05) is 6.61 Å². The van der Waals surface area contributed by atoms with E-state index in [4.69, 9.17) is 9.84 Å². The van der Waals surface area contributed by atoms with Crippen molar-refractivity contribution in [3.63, 3.8) is 0 Å². The summed E-state index contributed by atoms with van der Waals surface area (Å²) in [6, 6.07) is 1.33. The van der Waals surface area contributed by atoms with Crippen LogP contribution in [0.4, 0.5) is 13.2 Å². The zero-order chi connectivity index (χ0) is 25.1. The highest BCUT2D eigenvalue weighted by atomic mass is 32.2. The van der Waals surface area contributed by atoms with Crippen LogP contribution in [-0.4, -0.2) is 83.9 Å². The van der Waals surface area contributed by atoms with Gasteiger partial charge in [0.15, 0.2) is 0 Å². The third-order valence-corrected chi connectivity index (χ3v) is 6.12. The van der Waals surface area contributed by atoms with Crippen LogP contribution in [0.5, 0.6) is 0 Å². The number of hydrogen-bond donors (Lipinski definition) is 6. The second-order valence-corrected chi connectivity index (χ2v) is 8.83. The highest BCUT2D eigenvalue weighted by Gasteiger charge is 2.48. The number of rotatable bonds is 8. The summed E-state index contributed by atoms with van der Waals surface area (Å²) >= 11 is 0. The minimum absolute atomic E-state index is 0.321. The number of hydrogen-bond acceptors (Lipinski definition) is 8. The molecule has 0 saturated carbocycles. The molecule has 1 aromatic rings. The predicted molar refractivity (Wildman–Crippen MR) is 103 cm³/mol. The molecule has 6 N–H and O–H groups in total. The molecule has 1 aromatic carbocycles. The Balaban J connectivity index is 2.54. The molecular formula is C18H21F3N2O9S. The topological polar surface area (TPSA) is 182 Å². The van der Waals surface area contributed by atoms with Gasteiger partial charge in [0.1, 0.15) is 18.3 Å². The van der Waals surface area contributed by atoms with Crippen LogP contribution in [0.15, 0.2) is 41.0 Å². The van der Waals surface area contributed by atoms with Gasteiger partial charge >= 0.3 is 18.1 Å². The molecule has 0 spiro atoms. The monoisotopic (exact) mass is 498 g/mol. The summed E-state index contributed by atoms with van der Waals surface area (Å²) in [6.07, 6.45) is -11.2. The molecule has 11 nitrogen and oxygen atoms in total. The molecule has 0 saturated heterocycles. The van der Waals surface area contributed by atoms with Gasteiger partial charge in [-0.05, 0) is 25.1 Å².